The standard InChI is InChI=1S/C11H21N2/c1-4-6-12-7-8-13(10-12)9-11(3)5-2/h7-8,10-11H,4-6,9H2,1-3H3/q+1. The van der Waals surface area contributed by atoms with Crippen molar-refractivity contribution in [3.8, 4) is 0 Å². The highest BCUT2D eigenvalue weighted by molar-refractivity contribution is 4.65. The molecule has 1 aromatic heterocycles. The molecule has 0 spiro atoms. The normalized spacial score (nSPS) is 13.2. The molecule has 0 aliphatic carbocycles. The number of imidazole rings is 1. The average molecular weight is 181 g/mol. The van der Waals surface area contributed by atoms with Gasteiger partial charge in [0.2, 0.25) is 6.33 Å². The quantitative estimate of drug-likeness (QED) is 0.616. The van der Waals surface area contributed by atoms with Gasteiger partial charge in [0.25, 0.3) is 0 Å². The van der Waals surface area contributed by atoms with Crippen LogP contribution < -0.4 is 4.57 Å². The van der Waals surface area contributed by atoms with Crippen molar-refractivity contribution >= 4 is 0 Å². The van der Waals surface area contributed by atoms with Gasteiger partial charge in [0.15, 0.2) is 0 Å². The molecule has 1 heterocycles. The van der Waals surface area contributed by atoms with Crippen LogP contribution >= 0.6 is 0 Å². The van der Waals surface area contributed by atoms with Crippen LogP contribution in [0.15, 0.2) is 18.7 Å². The second-order valence-corrected chi connectivity index (χ2v) is 3.86. The lowest BCUT2D eigenvalue weighted by atomic mass is 10.1. The molecule has 0 aliphatic rings. The van der Waals surface area contributed by atoms with Crippen LogP contribution in [-0.2, 0) is 13.1 Å². The van der Waals surface area contributed by atoms with Gasteiger partial charge >= 0.3 is 0 Å². The fourth-order valence-electron chi connectivity index (χ4n) is 1.43. The summed E-state index contributed by atoms with van der Waals surface area (Å²) in [5.74, 6) is 0.780. The Morgan fingerprint density at radius 2 is 2.15 bits per heavy atom. The summed E-state index contributed by atoms with van der Waals surface area (Å²) in [6, 6.07) is 0. The lowest BCUT2D eigenvalue weighted by Crippen LogP contribution is -2.34. The summed E-state index contributed by atoms with van der Waals surface area (Å²) in [7, 11) is 0. The molecule has 0 bridgehead atoms. The van der Waals surface area contributed by atoms with E-state index in [0.29, 0.717) is 0 Å². The first kappa shape index (κ1) is 10.3. The third kappa shape index (κ3) is 3.21. The van der Waals surface area contributed by atoms with Gasteiger partial charge in [-0.2, -0.15) is 0 Å². The first-order chi connectivity index (χ1) is 6.26. The maximum absolute atomic E-state index is 2.30. The summed E-state index contributed by atoms with van der Waals surface area (Å²) in [6.45, 7) is 9.03. The minimum atomic E-state index is 0.780. The van der Waals surface area contributed by atoms with Gasteiger partial charge in [-0.15, -0.1) is 0 Å². The number of hydrogen-bond acceptors (Lipinski definition) is 0. The van der Waals surface area contributed by atoms with Crippen molar-refractivity contribution in [2.75, 3.05) is 0 Å². The Morgan fingerprint density at radius 3 is 2.77 bits per heavy atom. The Bertz CT molecular complexity index is 240. The van der Waals surface area contributed by atoms with Gasteiger partial charge in [-0.25, -0.2) is 9.13 Å². The second-order valence-electron chi connectivity index (χ2n) is 3.86. The summed E-state index contributed by atoms with van der Waals surface area (Å²) in [5, 5.41) is 0. The maximum atomic E-state index is 2.30. The fraction of sp³-hybridized carbons (Fsp3) is 0.727. The molecule has 1 aromatic rings. The van der Waals surface area contributed by atoms with Gasteiger partial charge in [0.1, 0.15) is 12.4 Å². The number of aromatic nitrogens is 2. The largest absolute Gasteiger partial charge is 0.243 e. The molecule has 0 saturated heterocycles. The minimum Gasteiger partial charge on any atom is -0.237 e. The predicted octanol–water partition coefficient (Wildman–Crippen LogP) is 2.23. The average Bonchev–Trinajstić information content (AvgIpc) is 2.53. The van der Waals surface area contributed by atoms with Crippen molar-refractivity contribution < 1.29 is 4.57 Å². The number of aryl methyl sites for hydroxylation is 1. The van der Waals surface area contributed by atoms with E-state index < -0.39 is 0 Å². The maximum Gasteiger partial charge on any atom is 0.243 e. The zero-order chi connectivity index (χ0) is 9.68. The van der Waals surface area contributed by atoms with Gasteiger partial charge in [-0.1, -0.05) is 20.8 Å². The summed E-state index contributed by atoms with van der Waals surface area (Å²) in [6.07, 6.45) is 8.99. The van der Waals surface area contributed by atoms with E-state index in [1.165, 1.54) is 12.8 Å². The monoisotopic (exact) mass is 181 g/mol. The van der Waals surface area contributed by atoms with Crippen molar-refractivity contribution in [1.29, 1.82) is 0 Å². The highest BCUT2D eigenvalue weighted by Crippen LogP contribution is 1.99. The van der Waals surface area contributed by atoms with E-state index in [-0.39, 0.29) is 0 Å². The molecule has 1 atom stereocenters. The topological polar surface area (TPSA) is 8.81 Å². The first-order valence-corrected chi connectivity index (χ1v) is 5.31. The summed E-state index contributed by atoms with van der Waals surface area (Å²) < 4.78 is 4.53. The Balaban J connectivity index is 2.48. The molecule has 0 fully saturated rings. The van der Waals surface area contributed by atoms with Gasteiger partial charge < -0.3 is 0 Å². The molecule has 74 valence electrons. The van der Waals surface area contributed by atoms with Crippen LogP contribution in [0.3, 0.4) is 0 Å². The van der Waals surface area contributed by atoms with Crippen LogP contribution in [0, 0.1) is 5.92 Å². The Hall–Kier alpha value is -0.790. The molecule has 0 aromatic carbocycles. The molecule has 2 nitrogen and oxygen atoms in total. The molecule has 0 N–H and O–H groups in total. The van der Waals surface area contributed by atoms with Crippen LogP contribution in [0.4, 0.5) is 0 Å². The van der Waals surface area contributed by atoms with Gasteiger partial charge in [-0.05, 0) is 18.8 Å². The van der Waals surface area contributed by atoms with Crippen LogP contribution in [0.2, 0.25) is 0 Å². The third-order valence-electron chi connectivity index (χ3n) is 2.45. The van der Waals surface area contributed by atoms with E-state index in [2.05, 4.69) is 48.6 Å². The van der Waals surface area contributed by atoms with Crippen LogP contribution in [0.1, 0.15) is 33.6 Å². The zero-order valence-corrected chi connectivity index (χ0v) is 9.03. The van der Waals surface area contributed by atoms with E-state index in [4.69, 9.17) is 0 Å². The van der Waals surface area contributed by atoms with Gasteiger partial charge in [0.05, 0.1) is 13.1 Å². The van der Waals surface area contributed by atoms with Crippen molar-refractivity contribution in [3.63, 3.8) is 0 Å². The third-order valence-corrected chi connectivity index (χ3v) is 2.45. The van der Waals surface area contributed by atoms with E-state index in [9.17, 15) is 0 Å². The molecule has 0 aliphatic heterocycles. The first-order valence-electron chi connectivity index (χ1n) is 5.31. The van der Waals surface area contributed by atoms with E-state index >= 15 is 0 Å². The lowest BCUT2D eigenvalue weighted by molar-refractivity contribution is -0.702. The number of hydrogen-bond donors (Lipinski definition) is 0. The molecule has 2 heteroatoms. The summed E-state index contributed by atoms with van der Waals surface area (Å²) >= 11 is 0. The van der Waals surface area contributed by atoms with Crippen LogP contribution in [-0.4, -0.2) is 4.57 Å². The molecular weight excluding hydrogens is 160 g/mol. The van der Waals surface area contributed by atoms with Crippen molar-refractivity contribution in [1.82, 2.24) is 4.57 Å². The smallest absolute Gasteiger partial charge is 0.237 e. The SMILES string of the molecule is CCCn1cc[n+](CC(C)CC)c1. The highest BCUT2D eigenvalue weighted by Gasteiger charge is 2.06. The second kappa shape index (κ2) is 5.05. The molecular formula is C11H21N2+. The molecule has 0 amide bonds. The zero-order valence-electron chi connectivity index (χ0n) is 9.03. The Kier molecular flexibility index (Phi) is 4.00. The fourth-order valence-corrected chi connectivity index (χ4v) is 1.43. The minimum absolute atomic E-state index is 0.780. The Labute approximate surface area is 81.2 Å². The highest BCUT2D eigenvalue weighted by atomic mass is 15.1. The molecule has 0 radical (unpaired) electrons. The number of rotatable bonds is 5. The van der Waals surface area contributed by atoms with E-state index in [0.717, 1.165) is 19.0 Å². The lowest BCUT2D eigenvalue weighted by Gasteiger charge is -2.03. The summed E-state index contributed by atoms with van der Waals surface area (Å²) in [5.41, 5.74) is 0. The molecule has 1 unspecified atom stereocenters. The predicted molar refractivity (Wildman–Crippen MR) is 54.4 cm³/mol. The van der Waals surface area contributed by atoms with Gasteiger partial charge in [0, 0.05) is 0 Å². The van der Waals surface area contributed by atoms with E-state index in [1.807, 2.05) is 0 Å². The van der Waals surface area contributed by atoms with Crippen molar-refractivity contribution in [2.45, 2.75) is 46.7 Å². The van der Waals surface area contributed by atoms with Crippen LogP contribution in [0.25, 0.3) is 0 Å². The molecule has 1 rings (SSSR count). The van der Waals surface area contributed by atoms with Gasteiger partial charge in [-0.3, -0.25) is 0 Å². The van der Waals surface area contributed by atoms with Crippen molar-refractivity contribution in [3.05, 3.63) is 18.7 Å². The molecule has 0 saturated carbocycles. The van der Waals surface area contributed by atoms with Crippen LogP contribution in [0.5, 0.6) is 0 Å². The number of nitrogens with zero attached hydrogens (tertiary/aromatic N) is 2. The van der Waals surface area contributed by atoms with Crippen molar-refractivity contribution in [2.24, 2.45) is 5.92 Å². The molecule has 13 heavy (non-hydrogen) atoms. The van der Waals surface area contributed by atoms with E-state index in [1.54, 1.807) is 0 Å². The summed E-state index contributed by atoms with van der Waals surface area (Å²) in [4.78, 5) is 0. The Morgan fingerprint density at radius 1 is 1.38 bits per heavy atom.